The fraction of sp³-hybridized carbons (Fsp3) is 0.350. The van der Waals surface area contributed by atoms with Crippen LogP contribution in [0.2, 0.25) is 0 Å². The van der Waals surface area contributed by atoms with Gasteiger partial charge in [0, 0.05) is 5.69 Å². The van der Waals surface area contributed by atoms with E-state index in [1.807, 2.05) is 42.5 Å². The highest BCUT2D eigenvalue weighted by Crippen LogP contribution is 2.14. The van der Waals surface area contributed by atoms with Crippen molar-refractivity contribution in [3.05, 3.63) is 60.2 Å². The van der Waals surface area contributed by atoms with E-state index in [-0.39, 0.29) is 5.91 Å². The van der Waals surface area contributed by atoms with Gasteiger partial charge in [-0.05, 0) is 49.6 Å². The predicted octanol–water partition coefficient (Wildman–Crippen LogP) is 4.83. The molecule has 0 saturated carbocycles. The minimum Gasteiger partial charge on any atom is -0.481 e. The lowest BCUT2D eigenvalue weighted by atomic mass is 10.1. The zero-order chi connectivity index (χ0) is 16.5. The Morgan fingerprint density at radius 1 is 1.04 bits per heavy atom. The molecule has 1 N–H and O–H groups in total. The summed E-state index contributed by atoms with van der Waals surface area (Å²) >= 11 is 0. The highest BCUT2D eigenvalue weighted by Gasteiger charge is 2.14. The van der Waals surface area contributed by atoms with Gasteiger partial charge < -0.3 is 10.1 Å². The number of hydrogen-bond acceptors (Lipinski definition) is 2. The monoisotopic (exact) mass is 311 g/mol. The molecular weight excluding hydrogens is 286 g/mol. The zero-order valence-electron chi connectivity index (χ0n) is 13.9. The van der Waals surface area contributed by atoms with Gasteiger partial charge in [-0.25, -0.2) is 0 Å². The molecule has 0 fully saturated rings. The second-order valence-corrected chi connectivity index (χ2v) is 5.72. The van der Waals surface area contributed by atoms with E-state index >= 15 is 0 Å². The second-order valence-electron chi connectivity index (χ2n) is 5.72. The molecule has 0 unspecified atom stereocenters. The molecule has 2 aromatic rings. The quantitative estimate of drug-likeness (QED) is 0.709. The normalized spacial score (nSPS) is 11.7. The van der Waals surface area contributed by atoms with Crippen molar-refractivity contribution in [1.82, 2.24) is 0 Å². The third kappa shape index (κ3) is 5.78. The van der Waals surface area contributed by atoms with Crippen molar-refractivity contribution in [2.75, 3.05) is 5.32 Å². The summed E-state index contributed by atoms with van der Waals surface area (Å²) in [5, 5.41) is 2.89. The minimum absolute atomic E-state index is 0.146. The first-order valence-corrected chi connectivity index (χ1v) is 8.30. The molecular formula is C20H25NO2. The van der Waals surface area contributed by atoms with Crippen molar-refractivity contribution in [2.24, 2.45) is 0 Å². The van der Waals surface area contributed by atoms with Crippen LogP contribution >= 0.6 is 0 Å². The summed E-state index contributed by atoms with van der Waals surface area (Å²) in [7, 11) is 0. The number of benzene rings is 2. The molecule has 1 atom stereocenters. The number of para-hydroxylation sites is 1. The van der Waals surface area contributed by atoms with E-state index in [0.717, 1.165) is 12.1 Å². The first-order valence-electron chi connectivity index (χ1n) is 8.30. The molecule has 0 spiro atoms. The minimum atomic E-state index is -0.540. The molecule has 0 bridgehead atoms. The predicted molar refractivity (Wildman–Crippen MR) is 94.8 cm³/mol. The molecule has 23 heavy (non-hydrogen) atoms. The maximum atomic E-state index is 12.2. The highest BCUT2D eigenvalue weighted by atomic mass is 16.5. The van der Waals surface area contributed by atoms with Gasteiger partial charge in [0.25, 0.3) is 5.91 Å². The van der Waals surface area contributed by atoms with Gasteiger partial charge in [0.05, 0.1) is 0 Å². The van der Waals surface area contributed by atoms with Gasteiger partial charge in [-0.3, -0.25) is 4.79 Å². The van der Waals surface area contributed by atoms with Crippen LogP contribution in [-0.2, 0) is 11.2 Å². The zero-order valence-corrected chi connectivity index (χ0v) is 13.9. The van der Waals surface area contributed by atoms with Gasteiger partial charge >= 0.3 is 0 Å². The molecule has 3 heteroatoms. The topological polar surface area (TPSA) is 38.3 Å². The van der Waals surface area contributed by atoms with E-state index in [1.165, 1.54) is 24.8 Å². The van der Waals surface area contributed by atoms with Crippen LogP contribution in [0.15, 0.2) is 54.6 Å². The van der Waals surface area contributed by atoms with Crippen LogP contribution in [-0.4, -0.2) is 12.0 Å². The molecule has 0 heterocycles. The van der Waals surface area contributed by atoms with Crippen LogP contribution in [0.5, 0.6) is 5.75 Å². The fourth-order valence-corrected chi connectivity index (χ4v) is 2.33. The SMILES string of the molecule is CCCCCc1ccc(NC(=O)[C@@H](C)Oc2ccccc2)cc1. The first-order chi connectivity index (χ1) is 11.2. The van der Waals surface area contributed by atoms with Crippen LogP contribution in [0.4, 0.5) is 5.69 Å². The van der Waals surface area contributed by atoms with E-state index in [9.17, 15) is 4.79 Å². The lowest BCUT2D eigenvalue weighted by Crippen LogP contribution is -2.30. The summed E-state index contributed by atoms with van der Waals surface area (Å²) in [6, 6.07) is 17.4. The van der Waals surface area contributed by atoms with Crippen molar-refractivity contribution in [3.8, 4) is 5.75 Å². The number of unbranched alkanes of at least 4 members (excludes halogenated alkanes) is 2. The van der Waals surface area contributed by atoms with E-state index < -0.39 is 6.10 Å². The fourth-order valence-electron chi connectivity index (χ4n) is 2.33. The summed E-state index contributed by atoms with van der Waals surface area (Å²) in [6.45, 7) is 3.96. The van der Waals surface area contributed by atoms with Gasteiger partial charge in [-0.2, -0.15) is 0 Å². The van der Waals surface area contributed by atoms with Crippen LogP contribution in [0.3, 0.4) is 0 Å². The first kappa shape index (κ1) is 17.1. The third-order valence-electron chi connectivity index (χ3n) is 3.72. The van der Waals surface area contributed by atoms with Crippen LogP contribution in [0, 0.1) is 0 Å². The number of carbonyl (C=O) groups excluding carboxylic acids is 1. The maximum Gasteiger partial charge on any atom is 0.265 e. The van der Waals surface area contributed by atoms with Crippen LogP contribution in [0.1, 0.15) is 38.7 Å². The van der Waals surface area contributed by atoms with Crippen LogP contribution < -0.4 is 10.1 Å². The summed E-state index contributed by atoms with van der Waals surface area (Å²) in [5.74, 6) is 0.550. The molecule has 0 radical (unpaired) electrons. The highest BCUT2D eigenvalue weighted by molar-refractivity contribution is 5.94. The molecule has 0 aliphatic carbocycles. The van der Waals surface area contributed by atoms with E-state index in [1.54, 1.807) is 6.92 Å². The average Bonchev–Trinajstić information content (AvgIpc) is 2.57. The van der Waals surface area contributed by atoms with Crippen molar-refractivity contribution >= 4 is 11.6 Å². The Balaban J connectivity index is 1.84. The molecule has 2 aromatic carbocycles. The Morgan fingerprint density at radius 3 is 2.39 bits per heavy atom. The Hall–Kier alpha value is -2.29. The smallest absolute Gasteiger partial charge is 0.265 e. The molecule has 2 rings (SSSR count). The summed E-state index contributed by atoms with van der Waals surface area (Å²) in [5.41, 5.74) is 2.11. The van der Waals surface area contributed by atoms with Gasteiger partial charge in [0.15, 0.2) is 6.10 Å². The molecule has 0 saturated heterocycles. The van der Waals surface area contributed by atoms with E-state index in [0.29, 0.717) is 5.75 Å². The summed E-state index contributed by atoms with van der Waals surface area (Å²) in [4.78, 5) is 12.2. The molecule has 0 aliphatic rings. The van der Waals surface area contributed by atoms with E-state index in [4.69, 9.17) is 4.74 Å². The van der Waals surface area contributed by atoms with Crippen LogP contribution in [0.25, 0.3) is 0 Å². The molecule has 3 nitrogen and oxygen atoms in total. The van der Waals surface area contributed by atoms with Crippen molar-refractivity contribution in [1.29, 1.82) is 0 Å². The Morgan fingerprint density at radius 2 is 1.74 bits per heavy atom. The van der Waals surface area contributed by atoms with Gasteiger partial charge in [0.2, 0.25) is 0 Å². The average molecular weight is 311 g/mol. The standard InChI is InChI=1S/C20H25NO2/c1-3-4-6-9-17-12-14-18(15-13-17)21-20(22)16(2)23-19-10-7-5-8-11-19/h5,7-8,10-16H,3-4,6,9H2,1-2H3,(H,21,22)/t16-/m1/s1. The number of ether oxygens (including phenoxy) is 1. The lowest BCUT2D eigenvalue weighted by molar-refractivity contribution is -0.122. The van der Waals surface area contributed by atoms with Gasteiger partial charge in [-0.15, -0.1) is 0 Å². The Kier molecular flexibility index (Phi) is 6.67. The number of anilines is 1. The van der Waals surface area contributed by atoms with Gasteiger partial charge in [-0.1, -0.05) is 50.1 Å². The van der Waals surface area contributed by atoms with Crippen molar-refractivity contribution < 1.29 is 9.53 Å². The van der Waals surface area contributed by atoms with Gasteiger partial charge in [0.1, 0.15) is 5.75 Å². The number of carbonyl (C=O) groups is 1. The molecule has 0 aliphatic heterocycles. The number of aryl methyl sites for hydroxylation is 1. The Labute approximate surface area is 138 Å². The van der Waals surface area contributed by atoms with Crippen molar-refractivity contribution in [3.63, 3.8) is 0 Å². The maximum absolute atomic E-state index is 12.2. The van der Waals surface area contributed by atoms with Crippen molar-refractivity contribution in [2.45, 2.75) is 45.6 Å². The summed E-state index contributed by atoms with van der Waals surface area (Å²) in [6.07, 6.45) is 4.25. The number of hydrogen-bond donors (Lipinski definition) is 1. The molecule has 122 valence electrons. The summed E-state index contributed by atoms with van der Waals surface area (Å²) < 4.78 is 5.63. The Bertz CT molecular complexity index is 593. The lowest BCUT2D eigenvalue weighted by Gasteiger charge is -2.14. The molecule has 0 aromatic heterocycles. The third-order valence-corrected chi connectivity index (χ3v) is 3.72. The second kappa shape index (κ2) is 8.99. The largest absolute Gasteiger partial charge is 0.481 e. The number of rotatable bonds is 8. The number of amides is 1. The molecule has 1 amide bonds. The van der Waals surface area contributed by atoms with E-state index in [2.05, 4.69) is 24.4 Å². The number of nitrogens with one attached hydrogen (secondary N) is 1.